The van der Waals surface area contributed by atoms with Crippen molar-refractivity contribution in [3.63, 3.8) is 0 Å². The molecule has 3 atom stereocenters. The van der Waals surface area contributed by atoms with E-state index in [9.17, 15) is 18.8 Å². The highest BCUT2D eigenvalue weighted by Gasteiger charge is 2.37. The van der Waals surface area contributed by atoms with Crippen LogP contribution in [0.5, 0.6) is 0 Å². The third kappa shape index (κ3) is 6.69. The maximum atomic E-state index is 13.4. The Labute approximate surface area is 246 Å². The molecule has 0 radical (unpaired) electrons. The van der Waals surface area contributed by atoms with E-state index in [2.05, 4.69) is 28.3 Å². The molecule has 0 bridgehead atoms. The van der Waals surface area contributed by atoms with Crippen LogP contribution in [0.1, 0.15) is 54.5 Å². The fraction of sp³-hybridized carbons (Fsp3) is 0.467. The number of nitrogens with zero attached hydrogens (tertiary/aromatic N) is 3. The van der Waals surface area contributed by atoms with E-state index in [1.165, 1.54) is 23.3 Å². The molecule has 4 N–H and O–H groups in total. The van der Waals surface area contributed by atoms with Crippen molar-refractivity contribution in [3.05, 3.63) is 59.0 Å². The minimum absolute atomic E-state index is 0.0157. The van der Waals surface area contributed by atoms with Crippen LogP contribution in [0.2, 0.25) is 0 Å². The van der Waals surface area contributed by atoms with E-state index in [4.69, 9.17) is 29.7 Å². The van der Waals surface area contributed by atoms with E-state index in [0.29, 0.717) is 31.1 Å². The van der Waals surface area contributed by atoms with Gasteiger partial charge in [-0.25, -0.2) is 14.0 Å². The van der Waals surface area contributed by atoms with Gasteiger partial charge in [0.1, 0.15) is 11.9 Å². The number of aryl methyl sites for hydroxylation is 1. The SMILES string of the molecule is O=C(O)C(O)C(O)C(=O)O.O=C1CCc2cccc3c2N1CC3OCCCN1CCC(c2noc3cc(F)ccc23)CC1. The first-order valence-electron chi connectivity index (χ1n) is 14.3. The van der Waals surface area contributed by atoms with Gasteiger partial charge in [-0.3, -0.25) is 4.79 Å². The van der Waals surface area contributed by atoms with Gasteiger partial charge in [-0.2, -0.15) is 0 Å². The van der Waals surface area contributed by atoms with E-state index in [1.807, 2.05) is 4.90 Å². The molecule has 3 aliphatic heterocycles. The van der Waals surface area contributed by atoms with Gasteiger partial charge in [0, 0.05) is 42.5 Å². The number of benzene rings is 2. The minimum atomic E-state index is -2.27. The van der Waals surface area contributed by atoms with Crippen LogP contribution in [0, 0.1) is 5.82 Å². The largest absolute Gasteiger partial charge is 0.479 e. The number of aliphatic hydroxyl groups excluding tert-OH is 2. The third-order valence-corrected chi connectivity index (χ3v) is 8.20. The van der Waals surface area contributed by atoms with Crippen molar-refractivity contribution in [2.45, 2.75) is 56.3 Å². The summed E-state index contributed by atoms with van der Waals surface area (Å²) in [6.07, 6.45) is -0.0996. The van der Waals surface area contributed by atoms with E-state index in [1.54, 1.807) is 6.07 Å². The van der Waals surface area contributed by atoms with Crippen LogP contribution in [0.4, 0.5) is 10.1 Å². The second-order valence-electron chi connectivity index (χ2n) is 11.0. The maximum absolute atomic E-state index is 13.4. The lowest BCUT2D eigenvalue weighted by Gasteiger charge is -2.31. The van der Waals surface area contributed by atoms with Crippen molar-refractivity contribution in [1.82, 2.24) is 10.1 Å². The highest BCUT2D eigenvalue weighted by Crippen LogP contribution is 2.42. The Balaban J connectivity index is 0.000000319. The number of rotatable bonds is 9. The number of aliphatic carboxylic acids is 2. The number of carbonyl (C=O) groups is 3. The molecule has 3 aliphatic rings. The number of anilines is 1. The van der Waals surface area contributed by atoms with Gasteiger partial charge in [-0.1, -0.05) is 23.4 Å². The Hall–Kier alpha value is -3.91. The summed E-state index contributed by atoms with van der Waals surface area (Å²) in [5.41, 5.74) is 5.03. The first-order chi connectivity index (χ1) is 20.6. The average molecular weight is 600 g/mol. The van der Waals surface area contributed by atoms with Crippen LogP contribution in [-0.4, -0.2) is 93.3 Å². The second-order valence-corrected chi connectivity index (χ2v) is 11.0. The molecule has 12 nitrogen and oxygen atoms in total. The Bertz CT molecular complexity index is 1470. The number of hydrogen-bond acceptors (Lipinski definition) is 9. The minimum Gasteiger partial charge on any atom is -0.479 e. The summed E-state index contributed by atoms with van der Waals surface area (Å²) < 4.78 is 25.0. The molecule has 2 aromatic carbocycles. The van der Waals surface area contributed by atoms with Crippen molar-refractivity contribution in [2.75, 3.05) is 37.7 Å². The number of ether oxygens (including phenoxy) is 1. The van der Waals surface area contributed by atoms with Crippen LogP contribution >= 0.6 is 0 Å². The van der Waals surface area contributed by atoms with Crippen LogP contribution < -0.4 is 4.90 Å². The monoisotopic (exact) mass is 599 g/mol. The van der Waals surface area contributed by atoms with Crippen molar-refractivity contribution in [1.29, 1.82) is 0 Å². The number of fused-ring (bicyclic) bond motifs is 1. The molecule has 0 aliphatic carbocycles. The standard InChI is InChI=1S/C26H28FN3O3.C4H6O6/c27-19-6-7-20-22(15-19)33-28-25(20)17-9-12-29(13-10-17)11-2-14-32-23-16-30-24(31)8-5-18-3-1-4-21(23)26(18)30;5-1(3(7)8)2(6)4(9)10/h1,3-4,6-7,15,17,23H,2,5,8-14,16H2;1-2,5-6H,(H,7,8)(H,9,10). The first-order valence-corrected chi connectivity index (χ1v) is 14.3. The molecule has 230 valence electrons. The summed E-state index contributed by atoms with van der Waals surface area (Å²) in [6.45, 7) is 4.36. The molecule has 1 saturated heterocycles. The fourth-order valence-electron chi connectivity index (χ4n) is 5.94. The van der Waals surface area contributed by atoms with Gasteiger partial charge in [0.15, 0.2) is 17.8 Å². The van der Waals surface area contributed by atoms with E-state index < -0.39 is 24.1 Å². The zero-order chi connectivity index (χ0) is 30.7. The summed E-state index contributed by atoms with van der Waals surface area (Å²) in [4.78, 5) is 36.3. The predicted octanol–water partition coefficient (Wildman–Crippen LogP) is 2.46. The highest BCUT2D eigenvalue weighted by atomic mass is 19.1. The molecular weight excluding hydrogens is 565 g/mol. The van der Waals surface area contributed by atoms with E-state index >= 15 is 0 Å². The number of piperidine rings is 1. The van der Waals surface area contributed by atoms with Gasteiger partial charge in [-0.05, 0) is 56.5 Å². The van der Waals surface area contributed by atoms with E-state index in [-0.39, 0.29) is 17.8 Å². The Morgan fingerprint density at radius 3 is 2.49 bits per heavy atom. The van der Waals surface area contributed by atoms with Crippen molar-refractivity contribution < 1.29 is 48.5 Å². The third-order valence-electron chi connectivity index (χ3n) is 8.20. The Morgan fingerprint density at radius 2 is 1.79 bits per heavy atom. The fourth-order valence-corrected chi connectivity index (χ4v) is 5.94. The molecule has 6 rings (SSSR count). The van der Waals surface area contributed by atoms with Gasteiger partial charge in [0.25, 0.3) is 0 Å². The highest BCUT2D eigenvalue weighted by molar-refractivity contribution is 5.99. The van der Waals surface area contributed by atoms with Gasteiger partial charge < -0.3 is 39.5 Å². The number of amides is 1. The lowest BCUT2D eigenvalue weighted by Crippen LogP contribution is -2.39. The molecular formula is C30H34FN3O9. The molecule has 1 aromatic heterocycles. The molecule has 0 spiro atoms. The van der Waals surface area contributed by atoms with Crippen LogP contribution in [0.3, 0.4) is 0 Å². The van der Waals surface area contributed by atoms with E-state index in [0.717, 1.165) is 62.1 Å². The van der Waals surface area contributed by atoms with Gasteiger partial charge >= 0.3 is 11.9 Å². The lowest BCUT2D eigenvalue weighted by molar-refractivity contribution is -0.165. The zero-order valence-electron chi connectivity index (χ0n) is 23.4. The quantitative estimate of drug-likeness (QED) is 0.266. The van der Waals surface area contributed by atoms with Crippen LogP contribution in [0.25, 0.3) is 11.0 Å². The maximum Gasteiger partial charge on any atom is 0.335 e. The molecule has 3 aromatic rings. The van der Waals surface area contributed by atoms with Gasteiger partial charge in [0.2, 0.25) is 5.91 Å². The topological polar surface area (TPSA) is 174 Å². The summed E-state index contributed by atoms with van der Waals surface area (Å²) >= 11 is 0. The number of aliphatic hydroxyl groups is 2. The number of carbonyl (C=O) groups excluding carboxylic acids is 1. The number of likely N-dealkylation sites (tertiary alicyclic amines) is 1. The van der Waals surface area contributed by atoms with Crippen molar-refractivity contribution >= 4 is 34.5 Å². The average Bonchev–Trinajstić information content (AvgIpc) is 3.59. The number of hydrogen-bond donors (Lipinski definition) is 4. The summed E-state index contributed by atoms with van der Waals surface area (Å²) in [5, 5.41) is 37.7. The number of carboxylic acid groups (broad SMARTS) is 2. The molecule has 1 fully saturated rings. The Morgan fingerprint density at radius 1 is 1.07 bits per heavy atom. The molecule has 1 amide bonds. The van der Waals surface area contributed by atoms with Crippen molar-refractivity contribution in [3.8, 4) is 0 Å². The summed E-state index contributed by atoms with van der Waals surface area (Å²) in [6, 6.07) is 11.0. The summed E-state index contributed by atoms with van der Waals surface area (Å²) in [7, 11) is 0. The number of aromatic nitrogens is 1. The molecule has 3 unspecified atom stereocenters. The normalized spacial score (nSPS) is 19.9. The zero-order valence-corrected chi connectivity index (χ0v) is 23.4. The first kappa shape index (κ1) is 30.5. The molecule has 13 heteroatoms. The van der Waals surface area contributed by atoms with Gasteiger partial charge in [-0.15, -0.1) is 0 Å². The predicted molar refractivity (Wildman–Crippen MR) is 150 cm³/mol. The number of halogens is 1. The van der Waals surface area contributed by atoms with Crippen LogP contribution in [-0.2, 0) is 25.5 Å². The van der Waals surface area contributed by atoms with Crippen LogP contribution in [0.15, 0.2) is 40.9 Å². The number of para-hydroxylation sites is 1. The summed E-state index contributed by atoms with van der Waals surface area (Å²) in [5.74, 6) is -3.26. The number of carboxylic acids is 2. The smallest absolute Gasteiger partial charge is 0.335 e. The van der Waals surface area contributed by atoms with Crippen molar-refractivity contribution in [2.24, 2.45) is 0 Å². The lowest BCUT2D eigenvalue weighted by atomic mass is 9.91. The molecule has 43 heavy (non-hydrogen) atoms. The second kappa shape index (κ2) is 13.2. The Kier molecular flexibility index (Phi) is 9.35. The molecule has 4 heterocycles. The van der Waals surface area contributed by atoms with Gasteiger partial charge in [0.05, 0.1) is 17.9 Å². The molecule has 0 saturated carbocycles.